The molecule has 2 heterocycles. The second kappa shape index (κ2) is 5.51. The maximum absolute atomic E-state index is 9.78. The van der Waals surface area contributed by atoms with E-state index in [4.69, 9.17) is 14.6 Å². The maximum Gasteiger partial charge on any atom is 0.221 e. The molecule has 3 N–H and O–H groups in total. The largest absolute Gasteiger partial charge is 0.481 e. The van der Waals surface area contributed by atoms with Gasteiger partial charge in [0.15, 0.2) is 0 Å². The fourth-order valence-corrected chi connectivity index (χ4v) is 2.21. The molecule has 2 unspecified atom stereocenters. The first-order chi connectivity index (χ1) is 8.69. The molecule has 1 saturated heterocycles. The van der Waals surface area contributed by atoms with E-state index in [-0.39, 0.29) is 18.7 Å². The molecule has 2 rings (SSSR count). The Bertz CT molecular complexity index is 413. The average Bonchev–Trinajstić information content (AvgIpc) is 2.79. The summed E-state index contributed by atoms with van der Waals surface area (Å²) >= 11 is 0. The highest BCUT2D eigenvalue weighted by Crippen LogP contribution is 2.33. The van der Waals surface area contributed by atoms with E-state index in [0.29, 0.717) is 18.2 Å². The van der Waals surface area contributed by atoms with Crippen LogP contribution in [0.3, 0.4) is 0 Å². The highest BCUT2D eigenvalue weighted by Gasteiger charge is 2.34. The van der Waals surface area contributed by atoms with E-state index in [1.165, 1.54) is 0 Å². The standard InChI is InChI=1S/C12H18N2O4/c1-17-11-4-3-7(12(14-11)18-2)8-5-10(16)9(6-15)13-8/h3-4,8-10,13,15-16H,5-6H2,1-2H3/t8?,9?,10-/m0/s1. The number of pyridine rings is 1. The first kappa shape index (κ1) is 13.1. The van der Waals surface area contributed by atoms with Crippen LogP contribution in [0.25, 0.3) is 0 Å². The molecule has 0 aromatic carbocycles. The molecule has 6 heteroatoms. The van der Waals surface area contributed by atoms with Crippen molar-refractivity contribution in [3.63, 3.8) is 0 Å². The Balaban J connectivity index is 2.23. The van der Waals surface area contributed by atoms with Crippen LogP contribution in [0.4, 0.5) is 0 Å². The van der Waals surface area contributed by atoms with Crippen molar-refractivity contribution >= 4 is 0 Å². The summed E-state index contributed by atoms with van der Waals surface area (Å²) in [6, 6.07) is 3.22. The van der Waals surface area contributed by atoms with Gasteiger partial charge in [-0.05, 0) is 12.5 Å². The van der Waals surface area contributed by atoms with Gasteiger partial charge in [0.2, 0.25) is 11.8 Å². The molecule has 1 aromatic rings. The average molecular weight is 254 g/mol. The number of aromatic nitrogens is 1. The number of aliphatic hydroxyl groups excluding tert-OH is 2. The minimum Gasteiger partial charge on any atom is -0.481 e. The summed E-state index contributed by atoms with van der Waals surface area (Å²) in [7, 11) is 3.08. The van der Waals surface area contributed by atoms with Gasteiger partial charge in [-0.2, -0.15) is 4.98 Å². The molecule has 0 spiro atoms. The van der Waals surface area contributed by atoms with Crippen molar-refractivity contribution in [3.8, 4) is 11.8 Å². The van der Waals surface area contributed by atoms with Crippen LogP contribution in [0.1, 0.15) is 18.0 Å². The van der Waals surface area contributed by atoms with Crippen LogP contribution >= 0.6 is 0 Å². The zero-order valence-corrected chi connectivity index (χ0v) is 10.5. The number of hydrogen-bond acceptors (Lipinski definition) is 6. The number of methoxy groups -OCH3 is 2. The summed E-state index contributed by atoms with van der Waals surface area (Å²) in [5.74, 6) is 0.950. The molecule has 100 valence electrons. The fourth-order valence-electron chi connectivity index (χ4n) is 2.21. The first-order valence-electron chi connectivity index (χ1n) is 5.83. The molecule has 0 aliphatic carbocycles. The Hall–Kier alpha value is -1.37. The number of nitrogens with zero attached hydrogens (tertiary/aromatic N) is 1. The zero-order valence-electron chi connectivity index (χ0n) is 10.5. The predicted octanol–water partition coefficient (Wildman–Crippen LogP) is -0.145. The first-order valence-corrected chi connectivity index (χ1v) is 5.83. The molecule has 0 radical (unpaired) electrons. The minimum absolute atomic E-state index is 0.0782. The van der Waals surface area contributed by atoms with Crippen molar-refractivity contribution in [2.45, 2.75) is 24.6 Å². The lowest BCUT2D eigenvalue weighted by Gasteiger charge is -2.15. The maximum atomic E-state index is 9.78. The lowest BCUT2D eigenvalue weighted by atomic mass is 10.1. The van der Waals surface area contributed by atoms with Gasteiger partial charge < -0.3 is 25.0 Å². The molecule has 18 heavy (non-hydrogen) atoms. The third kappa shape index (κ3) is 2.40. The monoisotopic (exact) mass is 254 g/mol. The van der Waals surface area contributed by atoms with Crippen LogP contribution in [0.2, 0.25) is 0 Å². The summed E-state index contributed by atoms with van der Waals surface area (Å²) in [4.78, 5) is 4.20. The summed E-state index contributed by atoms with van der Waals surface area (Å²) in [5, 5.41) is 22.1. The molecule has 0 bridgehead atoms. The summed E-state index contributed by atoms with van der Waals surface area (Å²) in [6.07, 6.45) is -0.0397. The van der Waals surface area contributed by atoms with Crippen molar-refractivity contribution < 1.29 is 19.7 Å². The summed E-state index contributed by atoms with van der Waals surface area (Å²) in [6.45, 7) is -0.0937. The Morgan fingerprint density at radius 2 is 2.17 bits per heavy atom. The summed E-state index contributed by atoms with van der Waals surface area (Å²) in [5.41, 5.74) is 0.855. The Morgan fingerprint density at radius 1 is 1.39 bits per heavy atom. The number of ether oxygens (including phenoxy) is 2. The number of rotatable bonds is 4. The number of nitrogens with one attached hydrogen (secondary N) is 1. The highest BCUT2D eigenvalue weighted by atomic mass is 16.5. The molecule has 3 atom stereocenters. The second-order valence-electron chi connectivity index (χ2n) is 4.26. The Labute approximate surface area is 106 Å². The van der Waals surface area contributed by atoms with Crippen LogP contribution < -0.4 is 14.8 Å². The van der Waals surface area contributed by atoms with Gasteiger partial charge in [0.05, 0.1) is 33.0 Å². The minimum atomic E-state index is -0.563. The lowest BCUT2D eigenvalue weighted by molar-refractivity contribution is 0.121. The van der Waals surface area contributed by atoms with Gasteiger partial charge in [0.1, 0.15) is 0 Å². The van der Waals surface area contributed by atoms with Crippen molar-refractivity contribution in [2.75, 3.05) is 20.8 Å². The Morgan fingerprint density at radius 3 is 2.72 bits per heavy atom. The van der Waals surface area contributed by atoms with Gasteiger partial charge in [-0.15, -0.1) is 0 Å². The molecular weight excluding hydrogens is 236 g/mol. The van der Waals surface area contributed by atoms with E-state index in [2.05, 4.69) is 10.3 Å². The second-order valence-corrected chi connectivity index (χ2v) is 4.26. The van der Waals surface area contributed by atoms with Gasteiger partial charge >= 0.3 is 0 Å². The quantitative estimate of drug-likeness (QED) is 0.693. The van der Waals surface area contributed by atoms with Crippen LogP contribution in [-0.4, -0.2) is 48.2 Å². The smallest absolute Gasteiger partial charge is 0.221 e. The molecule has 0 amide bonds. The van der Waals surface area contributed by atoms with Crippen molar-refractivity contribution in [1.29, 1.82) is 0 Å². The number of aliphatic hydroxyl groups is 2. The van der Waals surface area contributed by atoms with E-state index >= 15 is 0 Å². The number of hydrogen-bond donors (Lipinski definition) is 3. The van der Waals surface area contributed by atoms with Crippen LogP contribution in [0.5, 0.6) is 11.8 Å². The third-order valence-corrected chi connectivity index (χ3v) is 3.20. The lowest BCUT2D eigenvalue weighted by Crippen LogP contribution is -2.34. The van der Waals surface area contributed by atoms with Gasteiger partial charge in [0.25, 0.3) is 0 Å². The van der Waals surface area contributed by atoms with Crippen LogP contribution in [-0.2, 0) is 0 Å². The SMILES string of the molecule is COc1ccc(C2C[C@H](O)C(CO)N2)c(OC)n1. The van der Waals surface area contributed by atoms with E-state index < -0.39 is 6.10 Å². The molecule has 1 aromatic heterocycles. The van der Waals surface area contributed by atoms with Crippen LogP contribution in [0, 0.1) is 0 Å². The van der Waals surface area contributed by atoms with Gasteiger partial charge in [0, 0.05) is 17.7 Å². The van der Waals surface area contributed by atoms with E-state index in [1.807, 2.05) is 6.07 Å². The van der Waals surface area contributed by atoms with E-state index in [9.17, 15) is 5.11 Å². The van der Waals surface area contributed by atoms with E-state index in [1.54, 1.807) is 20.3 Å². The van der Waals surface area contributed by atoms with Crippen LogP contribution in [0.15, 0.2) is 12.1 Å². The summed E-state index contributed by atoms with van der Waals surface area (Å²) < 4.78 is 10.3. The third-order valence-electron chi connectivity index (χ3n) is 3.20. The fraction of sp³-hybridized carbons (Fsp3) is 0.583. The van der Waals surface area contributed by atoms with E-state index in [0.717, 1.165) is 5.56 Å². The highest BCUT2D eigenvalue weighted by molar-refractivity contribution is 5.34. The molecule has 1 fully saturated rings. The van der Waals surface area contributed by atoms with Crippen molar-refractivity contribution in [2.24, 2.45) is 0 Å². The molecule has 0 saturated carbocycles. The van der Waals surface area contributed by atoms with Crippen molar-refractivity contribution in [1.82, 2.24) is 10.3 Å². The normalized spacial score (nSPS) is 27.2. The predicted molar refractivity (Wildman–Crippen MR) is 64.7 cm³/mol. The van der Waals surface area contributed by atoms with Gasteiger partial charge in [-0.1, -0.05) is 0 Å². The molecular formula is C12H18N2O4. The van der Waals surface area contributed by atoms with Gasteiger partial charge in [-0.3, -0.25) is 0 Å². The van der Waals surface area contributed by atoms with Crippen molar-refractivity contribution in [3.05, 3.63) is 17.7 Å². The zero-order chi connectivity index (χ0) is 13.1. The van der Waals surface area contributed by atoms with Gasteiger partial charge in [-0.25, -0.2) is 0 Å². The molecule has 1 aliphatic rings. The Kier molecular flexibility index (Phi) is 4.00. The topological polar surface area (TPSA) is 83.8 Å². The molecule has 6 nitrogen and oxygen atoms in total. The molecule has 1 aliphatic heterocycles.